The smallest absolute Gasteiger partial charge is 0.129 e. The van der Waals surface area contributed by atoms with E-state index in [1.54, 1.807) is 0 Å². The minimum absolute atomic E-state index is 0.112. The van der Waals surface area contributed by atoms with Crippen LogP contribution in [0.25, 0.3) is 0 Å². The topological polar surface area (TPSA) is 26.0 Å². The molecular formula is C15H23F2N. The molecule has 18 heavy (non-hydrogen) atoms. The maximum absolute atomic E-state index is 13.4. The fourth-order valence-corrected chi connectivity index (χ4v) is 1.99. The van der Waals surface area contributed by atoms with Crippen molar-refractivity contribution in [2.45, 2.75) is 52.5 Å². The zero-order valence-corrected chi connectivity index (χ0v) is 11.5. The molecule has 0 heterocycles. The molecule has 0 saturated heterocycles. The van der Waals surface area contributed by atoms with Crippen LogP contribution >= 0.6 is 0 Å². The minimum Gasteiger partial charge on any atom is -0.327 e. The summed E-state index contributed by atoms with van der Waals surface area (Å²) in [5.41, 5.74) is 6.33. The number of rotatable bonds is 5. The predicted octanol–water partition coefficient (Wildman–Crippen LogP) is 4.05. The Balaban J connectivity index is 2.47. The number of halogens is 2. The molecule has 2 N–H and O–H groups in total. The van der Waals surface area contributed by atoms with Gasteiger partial charge >= 0.3 is 0 Å². The molecule has 0 saturated carbocycles. The van der Waals surface area contributed by atoms with Crippen molar-refractivity contribution in [2.75, 3.05) is 0 Å². The Hall–Kier alpha value is -0.960. The number of hydrogen-bond donors (Lipinski definition) is 1. The zero-order chi connectivity index (χ0) is 13.8. The zero-order valence-electron chi connectivity index (χ0n) is 11.5. The van der Waals surface area contributed by atoms with Crippen LogP contribution in [-0.2, 0) is 6.42 Å². The average molecular weight is 255 g/mol. The lowest BCUT2D eigenvalue weighted by molar-refractivity contribution is 0.351. The predicted molar refractivity (Wildman–Crippen MR) is 71.3 cm³/mol. The van der Waals surface area contributed by atoms with Crippen LogP contribution < -0.4 is 5.73 Å². The highest BCUT2D eigenvalue weighted by molar-refractivity contribution is 5.20. The Morgan fingerprint density at radius 3 is 2.22 bits per heavy atom. The average Bonchev–Trinajstić information content (AvgIpc) is 2.22. The maximum Gasteiger partial charge on any atom is 0.129 e. The quantitative estimate of drug-likeness (QED) is 0.844. The van der Waals surface area contributed by atoms with Gasteiger partial charge in [0, 0.05) is 11.6 Å². The van der Waals surface area contributed by atoms with Gasteiger partial charge in [0.2, 0.25) is 0 Å². The molecule has 0 aliphatic heterocycles. The highest BCUT2D eigenvalue weighted by Gasteiger charge is 2.14. The molecule has 1 aromatic rings. The van der Waals surface area contributed by atoms with E-state index in [-0.39, 0.29) is 23.4 Å². The van der Waals surface area contributed by atoms with Crippen LogP contribution in [0.1, 0.15) is 45.6 Å². The highest BCUT2D eigenvalue weighted by Crippen LogP contribution is 2.22. The first-order chi connectivity index (χ1) is 8.29. The molecule has 1 nitrogen and oxygen atoms in total. The molecular weight excluding hydrogens is 232 g/mol. The van der Waals surface area contributed by atoms with E-state index in [0.29, 0.717) is 0 Å². The first-order valence-corrected chi connectivity index (χ1v) is 6.48. The Morgan fingerprint density at radius 1 is 1.17 bits per heavy atom. The normalized spacial score (nSPS) is 13.7. The highest BCUT2D eigenvalue weighted by atomic mass is 19.1. The molecule has 0 spiro atoms. The maximum atomic E-state index is 13.4. The monoisotopic (exact) mass is 255 g/mol. The molecule has 0 aromatic heterocycles. The van der Waals surface area contributed by atoms with E-state index in [0.717, 1.165) is 19.3 Å². The lowest BCUT2D eigenvalue weighted by Crippen LogP contribution is -2.24. The lowest BCUT2D eigenvalue weighted by atomic mass is 9.88. The molecule has 1 rings (SSSR count). The number of nitrogens with two attached hydrogens (primary N) is 1. The van der Waals surface area contributed by atoms with Gasteiger partial charge in [0.05, 0.1) is 0 Å². The van der Waals surface area contributed by atoms with Gasteiger partial charge in [-0.15, -0.1) is 0 Å². The molecule has 1 unspecified atom stereocenters. The molecule has 1 atom stereocenters. The lowest BCUT2D eigenvalue weighted by Gasteiger charge is -2.19. The molecule has 0 aliphatic carbocycles. The third kappa shape index (κ3) is 5.13. The third-order valence-electron chi connectivity index (χ3n) is 3.03. The number of benzene rings is 1. The van der Waals surface area contributed by atoms with Crippen LogP contribution in [0.4, 0.5) is 8.78 Å². The van der Waals surface area contributed by atoms with E-state index in [1.165, 1.54) is 18.2 Å². The molecule has 0 fully saturated rings. The van der Waals surface area contributed by atoms with Crippen molar-refractivity contribution in [3.63, 3.8) is 0 Å². The fraction of sp³-hybridized carbons (Fsp3) is 0.600. The molecule has 0 bridgehead atoms. The molecule has 0 aliphatic rings. The SMILES string of the molecule is CC(C)(C)CCCC(N)Cc1c(F)cccc1F. The molecule has 0 amide bonds. The number of hydrogen-bond acceptors (Lipinski definition) is 1. The Kier molecular flexibility index (Phi) is 5.27. The first-order valence-electron chi connectivity index (χ1n) is 6.48. The van der Waals surface area contributed by atoms with Gasteiger partial charge in [-0.25, -0.2) is 8.78 Å². The van der Waals surface area contributed by atoms with Gasteiger partial charge in [0.25, 0.3) is 0 Å². The summed E-state index contributed by atoms with van der Waals surface area (Å²) in [6.45, 7) is 6.53. The Labute approximate surface area is 108 Å². The molecule has 1 aromatic carbocycles. The van der Waals surface area contributed by atoms with Crippen molar-refractivity contribution >= 4 is 0 Å². The largest absolute Gasteiger partial charge is 0.327 e. The van der Waals surface area contributed by atoms with Crippen LogP contribution in [0.2, 0.25) is 0 Å². The van der Waals surface area contributed by atoms with Crippen LogP contribution in [0.15, 0.2) is 18.2 Å². The Morgan fingerprint density at radius 2 is 1.72 bits per heavy atom. The van der Waals surface area contributed by atoms with Crippen molar-refractivity contribution in [3.8, 4) is 0 Å². The Bertz CT molecular complexity index is 362. The molecule has 102 valence electrons. The summed E-state index contributed by atoms with van der Waals surface area (Å²) in [7, 11) is 0. The van der Waals surface area contributed by atoms with E-state index in [2.05, 4.69) is 20.8 Å². The molecule has 3 heteroatoms. The first kappa shape index (κ1) is 15.1. The van der Waals surface area contributed by atoms with Gasteiger partial charge in [-0.2, -0.15) is 0 Å². The van der Waals surface area contributed by atoms with E-state index >= 15 is 0 Å². The van der Waals surface area contributed by atoms with Crippen molar-refractivity contribution < 1.29 is 8.78 Å². The van der Waals surface area contributed by atoms with E-state index in [4.69, 9.17) is 5.73 Å². The minimum atomic E-state index is -0.499. The summed E-state index contributed by atoms with van der Waals surface area (Å²) >= 11 is 0. The van der Waals surface area contributed by atoms with Gasteiger partial charge in [-0.3, -0.25) is 0 Å². The second-order valence-corrected chi connectivity index (χ2v) is 6.12. The fourth-order valence-electron chi connectivity index (χ4n) is 1.99. The van der Waals surface area contributed by atoms with Crippen molar-refractivity contribution in [2.24, 2.45) is 11.1 Å². The van der Waals surface area contributed by atoms with E-state index < -0.39 is 11.6 Å². The van der Waals surface area contributed by atoms with Crippen molar-refractivity contribution in [1.82, 2.24) is 0 Å². The summed E-state index contributed by atoms with van der Waals surface area (Å²) in [5.74, 6) is -0.998. The second kappa shape index (κ2) is 6.28. The van der Waals surface area contributed by atoms with Gasteiger partial charge in [0.15, 0.2) is 0 Å². The summed E-state index contributed by atoms with van der Waals surface area (Å²) in [5, 5.41) is 0. The summed E-state index contributed by atoms with van der Waals surface area (Å²) in [6.07, 6.45) is 3.12. The summed E-state index contributed by atoms with van der Waals surface area (Å²) < 4.78 is 26.9. The van der Waals surface area contributed by atoms with Crippen LogP contribution in [0.5, 0.6) is 0 Å². The van der Waals surface area contributed by atoms with Gasteiger partial charge in [-0.05, 0) is 36.8 Å². The van der Waals surface area contributed by atoms with Crippen molar-refractivity contribution in [3.05, 3.63) is 35.4 Å². The second-order valence-electron chi connectivity index (χ2n) is 6.12. The summed E-state index contributed by atoms with van der Waals surface area (Å²) in [4.78, 5) is 0. The van der Waals surface area contributed by atoms with Crippen molar-refractivity contribution in [1.29, 1.82) is 0 Å². The third-order valence-corrected chi connectivity index (χ3v) is 3.03. The van der Waals surface area contributed by atoms with Gasteiger partial charge < -0.3 is 5.73 Å². The van der Waals surface area contributed by atoms with Gasteiger partial charge in [-0.1, -0.05) is 33.3 Å². The van der Waals surface area contributed by atoms with Crippen LogP contribution in [0, 0.1) is 17.0 Å². The molecule has 0 radical (unpaired) electrons. The van der Waals surface area contributed by atoms with Crippen LogP contribution in [0.3, 0.4) is 0 Å². The van der Waals surface area contributed by atoms with Crippen LogP contribution in [-0.4, -0.2) is 6.04 Å². The van der Waals surface area contributed by atoms with E-state index in [9.17, 15) is 8.78 Å². The standard InChI is InChI=1S/C15H23F2N/c1-15(2,3)9-5-6-11(18)10-12-13(16)7-4-8-14(12)17/h4,7-8,11H,5-6,9-10,18H2,1-3H3. The summed E-state index contributed by atoms with van der Waals surface area (Å²) in [6, 6.07) is 3.75. The van der Waals surface area contributed by atoms with E-state index in [1.807, 2.05) is 0 Å². The van der Waals surface area contributed by atoms with Gasteiger partial charge in [0.1, 0.15) is 11.6 Å².